The van der Waals surface area contributed by atoms with E-state index in [-0.39, 0.29) is 0 Å². The number of rotatable bonds is 8. The highest BCUT2D eigenvalue weighted by Crippen LogP contribution is 2.18. The molecule has 2 heterocycles. The maximum absolute atomic E-state index is 4.62. The average molecular weight is 288 g/mol. The van der Waals surface area contributed by atoms with Crippen molar-refractivity contribution in [3.8, 4) is 0 Å². The second-order valence-corrected chi connectivity index (χ2v) is 5.43. The molecule has 1 atom stereocenters. The fourth-order valence-corrected chi connectivity index (χ4v) is 2.78. The molecule has 0 aliphatic heterocycles. The molecule has 2 aromatic rings. The molecule has 0 spiro atoms. The topological polar surface area (TPSA) is 34.8 Å². The quantitative estimate of drug-likeness (QED) is 0.808. The number of aryl methyl sites for hydroxylation is 2. The van der Waals surface area contributed by atoms with Crippen LogP contribution in [-0.2, 0) is 19.5 Å². The summed E-state index contributed by atoms with van der Waals surface area (Å²) in [7, 11) is 0. The molecule has 0 saturated carbocycles. The second kappa shape index (κ2) is 7.46. The lowest BCUT2D eigenvalue weighted by Gasteiger charge is -2.14. The number of nitrogens with one attached hydrogen (secondary N) is 1. The summed E-state index contributed by atoms with van der Waals surface area (Å²) in [6.45, 7) is 11.5. The summed E-state index contributed by atoms with van der Waals surface area (Å²) in [5.74, 6) is 0. The lowest BCUT2D eigenvalue weighted by molar-refractivity contribution is 0.535. The molecule has 116 valence electrons. The summed E-state index contributed by atoms with van der Waals surface area (Å²) in [6, 6.07) is 4.91. The van der Waals surface area contributed by atoms with E-state index in [1.165, 1.54) is 17.0 Å². The summed E-state index contributed by atoms with van der Waals surface area (Å²) in [6.07, 6.45) is 6.55. The lowest BCUT2D eigenvalue weighted by Crippen LogP contribution is -2.19. The zero-order valence-corrected chi connectivity index (χ0v) is 13.8. The summed E-state index contributed by atoms with van der Waals surface area (Å²) in [5.41, 5.74) is 3.84. The van der Waals surface area contributed by atoms with Crippen LogP contribution in [0.1, 0.15) is 57.1 Å². The van der Waals surface area contributed by atoms with Crippen molar-refractivity contribution in [1.29, 1.82) is 0 Å². The standard InChI is InChI=1S/C17H28N4/c1-5-15-11-16(21(8-4)19-15)13-20-10-9-14(12-20)17(6-2)18-7-3/h9-12,17-18H,5-8,13H2,1-4H3. The molecular formula is C17H28N4. The molecule has 21 heavy (non-hydrogen) atoms. The van der Waals surface area contributed by atoms with E-state index in [1.807, 2.05) is 0 Å². The van der Waals surface area contributed by atoms with Crippen LogP contribution in [0.15, 0.2) is 24.5 Å². The van der Waals surface area contributed by atoms with Crippen molar-refractivity contribution in [2.24, 2.45) is 0 Å². The van der Waals surface area contributed by atoms with Crippen molar-refractivity contribution in [2.45, 2.75) is 59.7 Å². The molecular weight excluding hydrogens is 260 g/mol. The van der Waals surface area contributed by atoms with Crippen molar-refractivity contribution >= 4 is 0 Å². The summed E-state index contributed by atoms with van der Waals surface area (Å²) >= 11 is 0. The first-order valence-electron chi connectivity index (χ1n) is 8.16. The SMILES string of the molecule is CCNC(CC)c1ccn(Cc2cc(CC)nn2CC)c1. The summed E-state index contributed by atoms with van der Waals surface area (Å²) in [5, 5.41) is 8.15. The summed E-state index contributed by atoms with van der Waals surface area (Å²) in [4.78, 5) is 0. The first kappa shape index (κ1) is 15.8. The average Bonchev–Trinajstić information content (AvgIpc) is 3.11. The maximum Gasteiger partial charge on any atom is 0.0639 e. The Morgan fingerprint density at radius 1 is 1.24 bits per heavy atom. The van der Waals surface area contributed by atoms with Crippen molar-refractivity contribution in [1.82, 2.24) is 19.7 Å². The van der Waals surface area contributed by atoms with Gasteiger partial charge < -0.3 is 9.88 Å². The fraction of sp³-hybridized carbons (Fsp3) is 0.588. The number of hydrogen-bond donors (Lipinski definition) is 1. The monoisotopic (exact) mass is 288 g/mol. The van der Waals surface area contributed by atoms with Gasteiger partial charge in [0.05, 0.1) is 17.9 Å². The molecule has 2 aromatic heterocycles. The molecule has 0 bridgehead atoms. The van der Waals surface area contributed by atoms with E-state index in [4.69, 9.17) is 0 Å². The highest BCUT2D eigenvalue weighted by molar-refractivity contribution is 5.18. The highest BCUT2D eigenvalue weighted by Gasteiger charge is 2.11. The van der Waals surface area contributed by atoms with Gasteiger partial charge in [-0.25, -0.2) is 0 Å². The van der Waals surface area contributed by atoms with E-state index in [1.54, 1.807) is 0 Å². The largest absolute Gasteiger partial charge is 0.348 e. The number of nitrogens with zero attached hydrogens (tertiary/aromatic N) is 3. The van der Waals surface area contributed by atoms with Crippen molar-refractivity contribution in [3.05, 3.63) is 41.5 Å². The zero-order valence-electron chi connectivity index (χ0n) is 13.8. The molecule has 4 heteroatoms. The molecule has 0 aromatic carbocycles. The highest BCUT2D eigenvalue weighted by atomic mass is 15.3. The van der Waals surface area contributed by atoms with Gasteiger partial charge in [0, 0.05) is 25.0 Å². The van der Waals surface area contributed by atoms with Crippen molar-refractivity contribution in [2.75, 3.05) is 6.54 Å². The summed E-state index contributed by atoms with van der Waals surface area (Å²) < 4.78 is 4.37. The van der Waals surface area contributed by atoms with Crippen molar-refractivity contribution < 1.29 is 0 Å². The fourth-order valence-electron chi connectivity index (χ4n) is 2.78. The van der Waals surface area contributed by atoms with Gasteiger partial charge in [-0.15, -0.1) is 0 Å². The van der Waals surface area contributed by atoms with Crippen LogP contribution in [0.2, 0.25) is 0 Å². The van der Waals surface area contributed by atoms with Crippen LogP contribution in [0.3, 0.4) is 0 Å². The first-order valence-corrected chi connectivity index (χ1v) is 8.16. The van der Waals surface area contributed by atoms with Gasteiger partial charge in [0.25, 0.3) is 0 Å². The predicted octanol–water partition coefficient (Wildman–Crippen LogP) is 3.38. The lowest BCUT2D eigenvalue weighted by atomic mass is 10.1. The van der Waals surface area contributed by atoms with Crippen LogP contribution in [0.25, 0.3) is 0 Å². The minimum atomic E-state index is 0.457. The van der Waals surface area contributed by atoms with Gasteiger partial charge in [0.1, 0.15) is 0 Å². The van der Waals surface area contributed by atoms with Gasteiger partial charge in [0.2, 0.25) is 0 Å². The Bertz CT molecular complexity index is 553. The van der Waals surface area contributed by atoms with Crippen LogP contribution in [-0.4, -0.2) is 20.9 Å². The van der Waals surface area contributed by atoms with Gasteiger partial charge in [-0.1, -0.05) is 20.8 Å². The van der Waals surface area contributed by atoms with E-state index in [0.29, 0.717) is 6.04 Å². The third-order valence-electron chi connectivity index (χ3n) is 3.95. The van der Waals surface area contributed by atoms with E-state index in [0.717, 1.165) is 32.5 Å². The third-order valence-corrected chi connectivity index (χ3v) is 3.95. The van der Waals surface area contributed by atoms with Crippen LogP contribution >= 0.6 is 0 Å². The maximum atomic E-state index is 4.62. The molecule has 0 radical (unpaired) electrons. The van der Waals surface area contributed by atoms with Gasteiger partial charge in [-0.3, -0.25) is 4.68 Å². The van der Waals surface area contributed by atoms with E-state index in [2.05, 4.69) is 71.9 Å². The zero-order chi connectivity index (χ0) is 15.2. The van der Waals surface area contributed by atoms with Gasteiger partial charge >= 0.3 is 0 Å². The predicted molar refractivity (Wildman–Crippen MR) is 87.5 cm³/mol. The van der Waals surface area contributed by atoms with Crippen LogP contribution in [0.5, 0.6) is 0 Å². The second-order valence-electron chi connectivity index (χ2n) is 5.43. The minimum Gasteiger partial charge on any atom is -0.348 e. The Morgan fingerprint density at radius 2 is 2.05 bits per heavy atom. The normalized spacial score (nSPS) is 12.8. The molecule has 4 nitrogen and oxygen atoms in total. The Hall–Kier alpha value is -1.55. The molecule has 1 unspecified atom stereocenters. The van der Waals surface area contributed by atoms with Gasteiger partial charge in [-0.05, 0) is 44.0 Å². The Kier molecular flexibility index (Phi) is 5.62. The van der Waals surface area contributed by atoms with Gasteiger partial charge in [-0.2, -0.15) is 5.10 Å². The van der Waals surface area contributed by atoms with Crippen LogP contribution in [0.4, 0.5) is 0 Å². The molecule has 0 fully saturated rings. The van der Waals surface area contributed by atoms with E-state index >= 15 is 0 Å². The first-order chi connectivity index (χ1) is 10.2. The van der Waals surface area contributed by atoms with Crippen LogP contribution in [0, 0.1) is 0 Å². The molecule has 0 saturated heterocycles. The Morgan fingerprint density at radius 3 is 2.67 bits per heavy atom. The number of hydrogen-bond acceptors (Lipinski definition) is 2. The smallest absolute Gasteiger partial charge is 0.0639 e. The van der Waals surface area contributed by atoms with Crippen molar-refractivity contribution in [3.63, 3.8) is 0 Å². The van der Waals surface area contributed by atoms with E-state index < -0.39 is 0 Å². The number of aromatic nitrogens is 3. The Labute approximate surface area is 128 Å². The molecule has 0 aliphatic rings. The third kappa shape index (κ3) is 3.76. The molecule has 0 aliphatic carbocycles. The van der Waals surface area contributed by atoms with Crippen LogP contribution < -0.4 is 5.32 Å². The molecule has 2 rings (SSSR count). The van der Waals surface area contributed by atoms with Gasteiger partial charge in [0.15, 0.2) is 0 Å². The Balaban J connectivity index is 2.13. The van der Waals surface area contributed by atoms with E-state index in [9.17, 15) is 0 Å². The minimum absolute atomic E-state index is 0.457. The molecule has 0 amide bonds. The molecule has 1 N–H and O–H groups in total.